The molecule has 3 aromatic heterocycles. The van der Waals surface area contributed by atoms with Gasteiger partial charge in [0, 0.05) is 23.5 Å². The number of rotatable bonds is 3. The van der Waals surface area contributed by atoms with Crippen LogP contribution in [0.5, 0.6) is 0 Å². The summed E-state index contributed by atoms with van der Waals surface area (Å²) in [5.74, 6) is -0.518. The number of nitrogens with one attached hydrogen (secondary N) is 3. The standard InChI is InChI=1S/C16H17N5O3/c1-8-4-5-11(15(23)17-8)16(24)18-10(3)12-7-14(22)21-13(19-12)6-9(2)20-21/h4-7,10,20H,1-3H3,(H,17,23)(H,18,24)/t10-/m0/s1. The lowest BCUT2D eigenvalue weighted by molar-refractivity contribution is 0.0937. The summed E-state index contributed by atoms with van der Waals surface area (Å²) in [6, 6.07) is 5.70. The maximum absolute atomic E-state index is 12.3. The van der Waals surface area contributed by atoms with Gasteiger partial charge in [0.05, 0.1) is 11.7 Å². The van der Waals surface area contributed by atoms with Crippen LogP contribution in [0.4, 0.5) is 0 Å². The first-order valence-electron chi connectivity index (χ1n) is 7.45. The van der Waals surface area contributed by atoms with Gasteiger partial charge in [0.15, 0.2) is 5.65 Å². The molecule has 0 radical (unpaired) electrons. The fourth-order valence-corrected chi connectivity index (χ4v) is 2.45. The van der Waals surface area contributed by atoms with Crippen molar-refractivity contribution in [3.63, 3.8) is 0 Å². The number of fused-ring (bicyclic) bond motifs is 1. The Morgan fingerprint density at radius 2 is 1.96 bits per heavy atom. The molecule has 8 nitrogen and oxygen atoms in total. The zero-order valence-corrected chi connectivity index (χ0v) is 13.5. The lowest BCUT2D eigenvalue weighted by Crippen LogP contribution is -2.32. The van der Waals surface area contributed by atoms with Crippen molar-refractivity contribution in [3.05, 3.63) is 67.6 Å². The quantitative estimate of drug-likeness (QED) is 0.661. The first-order chi connectivity index (χ1) is 11.3. The third-order valence-corrected chi connectivity index (χ3v) is 3.69. The smallest absolute Gasteiger partial charge is 0.272 e. The SMILES string of the molecule is Cc1ccc(C(=O)N[C@@H](C)c2cc(=O)n3[nH]c(C)cc3n2)c(=O)[nH]1. The molecule has 0 fully saturated rings. The van der Waals surface area contributed by atoms with Gasteiger partial charge in [0.25, 0.3) is 17.0 Å². The molecule has 0 saturated heterocycles. The van der Waals surface area contributed by atoms with Crippen molar-refractivity contribution in [2.75, 3.05) is 0 Å². The number of carbonyl (C=O) groups excluding carboxylic acids is 1. The van der Waals surface area contributed by atoms with E-state index >= 15 is 0 Å². The van der Waals surface area contributed by atoms with Gasteiger partial charge in [-0.15, -0.1) is 0 Å². The highest BCUT2D eigenvalue weighted by Gasteiger charge is 2.17. The molecular formula is C16H17N5O3. The number of amides is 1. The topological polar surface area (TPSA) is 112 Å². The van der Waals surface area contributed by atoms with E-state index in [1.54, 1.807) is 26.0 Å². The van der Waals surface area contributed by atoms with Crippen LogP contribution in [-0.4, -0.2) is 25.5 Å². The molecule has 0 unspecified atom stereocenters. The maximum Gasteiger partial charge on any atom is 0.272 e. The molecule has 0 bridgehead atoms. The molecule has 0 aliphatic carbocycles. The van der Waals surface area contributed by atoms with Gasteiger partial charge in [0.1, 0.15) is 5.56 Å². The van der Waals surface area contributed by atoms with Gasteiger partial charge in [-0.25, -0.2) is 9.50 Å². The van der Waals surface area contributed by atoms with Crippen LogP contribution >= 0.6 is 0 Å². The number of aromatic amines is 2. The lowest BCUT2D eigenvalue weighted by atomic mass is 10.2. The molecule has 0 aromatic carbocycles. The second-order valence-electron chi connectivity index (χ2n) is 5.73. The summed E-state index contributed by atoms with van der Waals surface area (Å²) < 4.78 is 1.33. The zero-order chi connectivity index (χ0) is 17.4. The molecule has 1 atom stereocenters. The molecule has 3 heterocycles. The van der Waals surface area contributed by atoms with Crippen molar-refractivity contribution < 1.29 is 4.79 Å². The molecular weight excluding hydrogens is 310 g/mol. The van der Waals surface area contributed by atoms with Crippen LogP contribution in [0.25, 0.3) is 5.65 Å². The van der Waals surface area contributed by atoms with Crippen LogP contribution in [0.15, 0.2) is 33.9 Å². The van der Waals surface area contributed by atoms with E-state index in [1.165, 1.54) is 16.6 Å². The predicted octanol–water partition coefficient (Wildman–Crippen LogP) is 0.819. The van der Waals surface area contributed by atoms with Crippen LogP contribution in [-0.2, 0) is 0 Å². The Morgan fingerprint density at radius 1 is 1.21 bits per heavy atom. The summed E-state index contributed by atoms with van der Waals surface area (Å²) in [4.78, 5) is 43.1. The molecule has 8 heteroatoms. The lowest BCUT2D eigenvalue weighted by Gasteiger charge is -2.13. The molecule has 0 aliphatic rings. The van der Waals surface area contributed by atoms with Gasteiger partial charge < -0.3 is 10.3 Å². The number of H-pyrrole nitrogens is 2. The molecule has 124 valence electrons. The molecule has 0 spiro atoms. The molecule has 3 aromatic rings. The minimum absolute atomic E-state index is 0.0164. The van der Waals surface area contributed by atoms with Gasteiger partial charge in [-0.05, 0) is 32.9 Å². The predicted molar refractivity (Wildman–Crippen MR) is 88.2 cm³/mol. The second kappa shape index (κ2) is 5.80. The summed E-state index contributed by atoms with van der Waals surface area (Å²) in [6.07, 6.45) is 0. The Hall–Kier alpha value is -3.16. The Morgan fingerprint density at radius 3 is 2.67 bits per heavy atom. The van der Waals surface area contributed by atoms with Crippen LogP contribution in [0.1, 0.15) is 40.4 Å². The summed E-state index contributed by atoms with van der Waals surface area (Å²) in [7, 11) is 0. The molecule has 3 rings (SSSR count). The summed E-state index contributed by atoms with van der Waals surface area (Å²) in [5.41, 5.74) is 1.68. The second-order valence-corrected chi connectivity index (χ2v) is 5.73. The van der Waals surface area contributed by atoms with Crippen molar-refractivity contribution >= 4 is 11.6 Å². The highest BCUT2D eigenvalue weighted by atomic mass is 16.2. The van der Waals surface area contributed by atoms with Crippen LogP contribution in [0.3, 0.4) is 0 Å². The fraction of sp³-hybridized carbons (Fsp3) is 0.250. The van der Waals surface area contributed by atoms with E-state index in [9.17, 15) is 14.4 Å². The normalized spacial score (nSPS) is 12.3. The van der Waals surface area contributed by atoms with E-state index in [-0.39, 0.29) is 11.1 Å². The molecule has 0 saturated carbocycles. The van der Waals surface area contributed by atoms with Crippen molar-refractivity contribution in [2.24, 2.45) is 0 Å². The van der Waals surface area contributed by atoms with Crippen molar-refractivity contribution in [3.8, 4) is 0 Å². The minimum atomic E-state index is -0.522. The van der Waals surface area contributed by atoms with Crippen LogP contribution in [0, 0.1) is 13.8 Å². The number of aryl methyl sites for hydroxylation is 2. The minimum Gasteiger partial charge on any atom is -0.344 e. The summed E-state index contributed by atoms with van der Waals surface area (Å²) in [6.45, 7) is 5.26. The molecule has 0 aliphatic heterocycles. The fourth-order valence-electron chi connectivity index (χ4n) is 2.45. The average molecular weight is 327 g/mol. The zero-order valence-electron chi connectivity index (χ0n) is 13.5. The third-order valence-electron chi connectivity index (χ3n) is 3.69. The van der Waals surface area contributed by atoms with Crippen molar-refractivity contribution in [2.45, 2.75) is 26.8 Å². The van der Waals surface area contributed by atoms with E-state index in [2.05, 4.69) is 20.4 Å². The van der Waals surface area contributed by atoms with Crippen molar-refractivity contribution in [1.82, 2.24) is 24.9 Å². The number of aromatic nitrogens is 4. The van der Waals surface area contributed by atoms with E-state index < -0.39 is 17.5 Å². The first-order valence-corrected chi connectivity index (χ1v) is 7.45. The Balaban J connectivity index is 1.89. The number of hydrogen-bond donors (Lipinski definition) is 3. The number of pyridine rings is 1. The van der Waals surface area contributed by atoms with Gasteiger partial charge >= 0.3 is 0 Å². The maximum atomic E-state index is 12.3. The van der Waals surface area contributed by atoms with Gasteiger partial charge in [-0.1, -0.05) is 0 Å². The molecule has 24 heavy (non-hydrogen) atoms. The summed E-state index contributed by atoms with van der Waals surface area (Å²) >= 11 is 0. The van der Waals surface area contributed by atoms with E-state index in [0.29, 0.717) is 17.0 Å². The number of carbonyl (C=O) groups is 1. The largest absolute Gasteiger partial charge is 0.344 e. The van der Waals surface area contributed by atoms with Gasteiger partial charge in [-0.2, -0.15) is 0 Å². The highest BCUT2D eigenvalue weighted by molar-refractivity contribution is 5.94. The van der Waals surface area contributed by atoms with E-state index in [1.807, 2.05) is 6.92 Å². The van der Waals surface area contributed by atoms with Crippen molar-refractivity contribution in [1.29, 1.82) is 0 Å². The Labute approximate surface area is 136 Å². The number of hydrogen-bond acceptors (Lipinski definition) is 4. The highest BCUT2D eigenvalue weighted by Crippen LogP contribution is 2.10. The average Bonchev–Trinajstić information content (AvgIpc) is 2.88. The number of nitrogens with zero attached hydrogens (tertiary/aromatic N) is 2. The molecule has 1 amide bonds. The first kappa shape index (κ1) is 15.7. The monoisotopic (exact) mass is 327 g/mol. The third kappa shape index (κ3) is 2.85. The molecule has 3 N–H and O–H groups in total. The van der Waals surface area contributed by atoms with E-state index in [4.69, 9.17) is 0 Å². The van der Waals surface area contributed by atoms with Gasteiger partial charge in [0.2, 0.25) is 0 Å². The Kier molecular flexibility index (Phi) is 3.80. The van der Waals surface area contributed by atoms with E-state index in [0.717, 1.165) is 5.69 Å². The van der Waals surface area contributed by atoms with Gasteiger partial charge in [-0.3, -0.25) is 19.5 Å². The van der Waals surface area contributed by atoms with Crippen LogP contribution in [0.2, 0.25) is 0 Å². The van der Waals surface area contributed by atoms with Crippen LogP contribution < -0.4 is 16.4 Å². The summed E-state index contributed by atoms with van der Waals surface area (Å²) in [5, 5.41) is 5.57. The Bertz CT molecular complexity index is 1040.